The van der Waals surface area contributed by atoms with Gasteiger partial charge in [0.05, 0.1) is 10.3 Å². The van der Waals surface area contributed by atoms with Gasteiger partial charge in [0.25, 0.3) is 5.69 Å². The summed E-state index contributed by atoms with van der Waals surface area (Å²) in [6.45, 7) is 9.42. The van der Waals surface area contributed by atoms with E-state index in [1.54, 1.807) is 12.1 Å². The highest BCUT2D eigenvalue weighted by atomic mass is 16.6. The van der Waals surface area contributed by atoms with E-state index in [4.69, 9.17) is 0 Å². The zero-order valence-electron chi connectivity index (χ0n) is 15.7. The molecule has 0 atom stereocenters. The van der Waals surface area contributed by atoms with E-state index < -0.39 is 0 Å². The first-order valence-electron chi connectivity index (χ1n) is 8.85. The van der Waals surface area contributed by atoms with Gasteiger partial charge >= 0.3 is 0 Å². The lowest BCUT2D eigenvalue weighted by atomic mass is 9.81. The minimum atomic E-state index is -0.310. The normalized spacial score (nSPS) is 18.8. The summed E-state index contributed by atoms with van der Waals surface area (Å²) in [6.07, 6.45) is 3.28. The maximum absolute atomic E-state index is 11.2. The Morgan fingerprint density at radius 2 is 1.92 bits per heavy atom. The highest BCUT2D eigenvalue weighted by Gasteiger charge is 2.46. The number of allylic oxidation sites excluding steroid dienone is 1. The number of non-ortho nitro benzene ring substituents is 1. The highest BCUT2D eigenvalue weighted by molar-refractivity contribution is 6.03. The third kappa shape index (κ3) is 2.79. The van der Waals surface area contributed by atoms with Crippen molar-refractivity contribution in [3.63, 3.8) is 0 Å². The smallest absolute Gasteiger partial charge is 0.270 e. The van der Waals surface area contributed by atoms with Crippen LogP contribution in [-0.2, 0) is 5.41 Å². The number of benzene rings is 1. The summed E-state index contributed by atoms with van der Waals surface area (Å²) in [5, 5.41) is 11.2. The molecular formula is C19H27N4O2+. The Kier molecular flexibility index (Phi) is 4.31. The third-order valence-electron chi connectivity index (χ3n) is 5.35. The number of rotatable bonds is 4. The zero-order valence-corrected chi connectivity index (χ0v) is 15.7. The van der Waals surface area contributed by atoms with E-state index >= 15 is 0 Å². The van der Waals surface area contributed by atoms with Crippen molar-refractivity contribution in [1.82, 2.24) is 9.80 Å². The largest absolute Gasteiger partial charge is 0.359 e. The summed E-state index contributed by atoms with van der Waals surface area (Å²) >= 11 is 0. The lowest BCUT2D eigenvalue weighted by Gasteiger charge is -2.20. The van der Waals surface area contributed by atoms with E-state index in [1.165, 1.54) is 11.5 Å². The first kappa shape index (κ1) is 17.5. The summed E-state index contributed by atoms with van der Waals surface area (Å²) in [5.74, 6) is 1.20. The van der Waals surface area contributed by atoms with Crippen LogP contribution < -0.4 is 0 Å². The Labute approximate surface area is 149 Å². The molecule has 0 aromatic heterocycles. The number of likely N-dealkylation sites (N-methyl/N-ethyl adjacent to an activating group) is 2. The minimum Gasteiger partial charge on any atom is -0.359 e. The predicted octanol–water partition coefficient (Wildman–Crippen LogP) is 3.10. The van der Waals surface area contributed by atoms with Gasteiger partial charge < -0.3 is 9.80 Å². The van der Waals surface area contributed by atoms with Crippen LogP contribution in [0.1, 0.15) is 32.8 Å². The van der Waals surface area contributed by atoms with Gasteiger partial charge in [0.15, 0.2) is 5.71 Å². The molecule has 0 aliphatic carbocycles. The minimum absolute atomic E-state index is 0.160. The van der Waals surface area contributed by atoms with Crippen LogP contribution in [0.3, 0.4) is 0 Å². The number of nitro groups is 1. The van der Waals surface area contributed by atoms with Crippen molar-refractivity contribution in [3.05, 3.63) is 45.8 Å². The molecule has 6 nitrogen and oxygen atoms in total. The van der Waals surface area contributed by atoms with Crippen LogP contribution in [0.25, 0.3) is 0 Å². The van der Waals surface area contributed by atoms with E-state index in [0.717, 1.165) is 37.3 Å². The SMILES string of the molecule is CCC[N+]1=C(C=C2N(C)CCN2C)C(C)(C)c2cc([N+](=O)[O-])ccc21. The topological polar surface area (TPSA) is 52.6 Å². The molecule has 25 heavy (non-hydrogen) atoms. The monoisotopic (exact) mass is 343 g/mol. The van der Waals surface area contributed by atoms with E-state index in [-0.39, 0.29) is 16.0 Å². The molecule has 3 rings (SSSR count). The molecular weight excluding hydrogens is 316 g/mol. The Hall–Kier alpha value is -2.37. The number of nitro benzene ring substituents is 1. The van der Waals surface area contributed by atoms with Gasteiger partial charge in [-0.15, -0.1) is 0 Å². The highest BCUT2D eigenvalue weighted by Crippen LogP contribution is 2.42. The number of hydrogen-bond acceptors (Lipinski definition) is 4. The predicted molar refractivity (Wildman–Crippen MR) is 99.6 cm³/mol. The van der Waals surface area contributed by atoms with E-state index in [9.17, 15) is 10.1 Å². The first-order chi connectivity index (χ1) is 11.8. The van der Waals surface area contributed by atoms with Crippen molar-refractivity contribution in [3.8, 4) is 0 Å². The standard InChI is InChI=1S/C19H27N4O2/c1-6-9-22-16-8-7-14(23(24)25)12-15(16)19(2,3)17(22)13-18-20(4)10-11-21(18)5/h7-8,12-13H,6,9-11H2,1-5H3/q+1. The first-order valence-corrected chi connectivity index (χ1v) is 8.85. The summed E-state index contributed by atoms with van der Waals surface area (Å²) in [7, 11) is 4.22. The van der Waals surface area contributed by atoms with Crippen molar-refractivity contribution in [2.75, 3.05) is 33.7 Å². The van der Waals surface area contributed by atoms with Gasteiger partial charge in [-0.05, 0) is 13.8 Å². The van der Waals surface area contributed by atoms with E-state index in [2.05, 4.69) is 55.3 Å². The molecule has 2 heterocycles. The molecule has 0 unspecified atom stereocenters. The van der Waals surface area contributed by atoms with Gasteiger partial charge in [-0.25, -0.2) is 0 Å². The molecule has 6 heteroatoms. The fourth-order valence-electron chi connectivity index (χ4n) is 3.86. The molecule has 0 N–H and O–H groups in total. The van der Waals surface area contributed by atoms with Gasteiger partial charge in [0.2, 0.25) is 5.69 Å². The Balaban J connectivity index is 2.16. The number of hydrogen-bond donors (Lipinski definition) is 0. The molecule has 1 aromatic rings. The van der Waals surface area contributed by atoms with Gasteiger partial charge in [-0.3, -0.25) is 10.1 Å². The van der Waals surface area contributed by atoms with Crippen LogP contribution in [0.2, 0.25) is 0 Å². The molecule has 134 valence electrons. The van der Waals surface area contributed by atoms with Crippen molar-refractivity contribution in [1.29, 1.82) is 0 Å². The maximum Gasteiger partial charge on any atom is 0.270 e. The van der Waals surface area contributed by atoms with Crippen LogP contribution in [-0.4, -0.2) is 58.7 Å². The molecule has 2 aliphatic heterocycles. The van der Waals surface area contributed by atoms with Crippen molar-refractivity contribution in [2.45, 2.75) is 32.6 Å². The molecule has 1 fully saturated rings. The second-order valence-corrected chi connectivity index (χ2v) is 7.47. The molecule has 0 bridgehead atoms. The van der Waals surface area contributed by atoms with Crippen molar-refractivity contribution < 1.29 is 9.50 Å². The molecule has 1 aromatic carbocycles. The second kappa shape index (κ2) is 6.17. The third-order valence-corrected chi connectivity index (χ3v) is 5.35. The van der Waals surface area contributed by atoms with Gasteiger partial charge in [-0.1, -0.05) is 6.92 Å². The van der Waals surface area contributed by atoms with Gasteiger partial charge in [0.1, 0.15) is 12.4 Å². The Morgan fingerprint density at radius 1 is 1.28 bits per heavy atom. The average Bonchev–Trinajstić information content (AvgIpc) is 2.98. The van der Waals surface area contributed by atoms with Gasteiger partial charge in [-0.2, -0.15) is 4.58 Å². The summed E-state index contributed by atoms with van der Waals surface area (Å²) in [4.78, 5) is 15.4. The Bertz CT molecular complexity index is 768. The van der Waals surface area contributed by atoms with Crippen molar-refractivity contribution >= 4 is 17.1 Å². The lowest BCUT2D eigenvalue weighted by molar-refractivity contribution is -0.437. The van der Waals surface area contributed by atoms with Crippen LogP contribution in [0.4, 0.5) is 11.4 Å². The van der Waals surface area contributed by atoms with Crippen LogP contribution in [0.5, 0.6) is 0 Å². The molecule has 0 spiro atoms. The summed E-state index contributed by atoms with van der Waals surface area (Å²) < 4.78 is 2.33. The second-order valence-electron chi connectivity index (χ2n) is 7.47. The molecule has 2 aliphatic rings. The quantitative estimate of drug-likeness (QED) is 0.479. The number of fused-ring (bicyclic) bond motifs is 1. The zero-order chi connectivity index (χ0) is 18.4. The van der Waals surface area contributed by atoms with Crippen LogP contribution >= 0.6 is 0 Å². The number of nitrogens with zero attached hydrogens (tertiary/aromatic N) is 4. The van der Waals surface area contributed by atoms with E-state index in [1.807, 2.05) is 6.07 Å². The average molecular weight is 343 g/mol. The van der Waals surface area contributed by atoms with Crippen LogP contribution in [0.15, 0.2) is 30.1 Å². The van der Waals surface area contributed by atoms with Crippen LogP contribution in [0, 0.1) is 10.1 Å². The fourth-order valence-corrected chi connectivity index (χ4v) is 3.86. The van der Waals surface area contributed by atoms with Gasteiger partial charge in [0, 0.05) is 63.4 Å². The van der Waals surface area contributed by atoms with Crippen molar-refractivity contribution in [2.24, 2.45) is 0 Å². The molecule has 0 saturated carbocycles. The fraction of sp³-hybridized carbons (Fsp3) is 0.526. The summed E-state index contributed by atoms with van der Waals surface area (Å²) in [5.41, 5.74) is 3.22. The molecule has 0 radical (unpaired) electrons. The summed E-state index contributed by atoms with van der Waals surface area (Å²) in [6, 6.07) is 5.26. The Morgan fingerprint density at radius 3 is 2.48 bits per heavy atom. The maximum atomic E-state index is 11.2. The molecule has 0 amide bonds. The molecule has 1 saturated heterocycles. The van der Waals surface area contributed by atoms with E-state index in [0.29, 0.717) is 0 Å². The lowest BCUT2D eigenvalue weighted by Crippen LogP contribution is -2.30.